The predicted molar refractivity (Wildman–Crippen MR) is 111 cm³/mol. The summed E-state index contributed by atoms with van der Waals surface area (Å²) in [6.07, 6.45) is -3.72. The van der Waals surface area contributed by atoms with Crippen LogP contribution in [0.4, 0.5) is 24.8 Å². The third-order valence-electron chi connectivity index (χ3n) is 4.59. The summed E-state index contributed by atoms with van der Waals surface area (Å²) >= 11 is 0. The monoisotopic (exact) mass is 451 g/mol. The van der Waals surface area contributed by atoms with E-state index in [0.29, 0.717) is 19.4 Å². The molecule has 0 aliphatic carbocycles. The number of benzene rings is 1. The molecule has 1 heterocycles. The molecule has 1 amide bonds. The summed E-state index contributed by atoms with van der Waals surface area (Å²) in [4.78, 5) is 21.1. The van der Waals surface area contributed by atoms with Crippen LogP contribution in [0.1, 0.15) is 43.0 Å². The first-order valence-corrected chi connectivity index (χ1v) is 9.75. The molecule has 0 unspecified atom stereocenters. The quantitative estimate of drug-likeness (QED) is 0.421. The first-order valence-electron chi connectivity index (χ1n) is 9.75. The number of carbonyl (C=O) groups excluding carboxylic acids is 1. The molecule has 0 bridgehead atoms. The Labute approximate surface area is 182 Å². The zero-order valence-corrected chi connectivity index (χ0v) is 17.4. The van der Waals surface area contributed by atoms with Gasteiger partial charge in [0.2, 0.25) is 11.8 Å². The fourth-order valence-corrected chi connectivity index (χ4v) is 3.02. The van der Waals surface area contributed by atoms with E-state index in [1.165, 1.54) is 6.07 Å². The van der Waals surface area contributed by atoms with Gasteiger partial charge in [-0.2, -0.15) is 23.4 Å². The minimum absolute atomic E-state index is 0.00824. The van der Waals surface area contributed by atoms with E-state index < -0.39 is 23.2 Å². The molecule has 12 heteroatoms. The predicted octanol–water partition coefficient (Wildman–Crippen LogP) is 2.27. The first-order chi connectivity index (χ1) is 15.1. The topological polar surface area (TPSA) is 166 Å². The average molecular weight is 451 g/mol. The second-order valence-corrected chi connectivity index (χ2v) is 6.91. The van der Waals surface area contributed by atoms with Gasteiger partial charge >= 0.3 is 6.18 Å². The van der Waals surface area contributed by atoms with Gasteiger partial charge in [0.15, 0.2) is 0 Å². The number of carbonyl (C=O) groups is 1. The molecule has 32 heavy (non-hydrogen) atoms. The molecule has 172 valence electrons. The summed E-state index contributed by atoms with van der Waals surface area (Å²) in [6.45, 7) is 2.15. The Morgan fingerprint density at radius 1 is 1.28 bits per heavy atom. The molecular formula is C20H24F3N7O2. The first kappa shape index (κ1) is 24.8. The number of nitrogens with one attached hydrogen (secondary N) is 1. The number of aromatic nitrogens is 2. The molecule has 0 radical (unpaired) electrons. The highest BCUT2D eigenvalue weighted by molar-refractivity contribution is 5.99. The molecule has 0 aliphatic rings. The Hall–Kier alpha value is -3.43. The summed E-state index contributed by atoms with van der Waals surface area (Å²) in [5, 5.41) is 12.1. The number of alkyl halides is 3. The van der Waals surface area contributed by atoms with Crippen molar-refractivity contribution in [3.63, 3.8) is 0 Å². The van der Waals surface area contributed by atoms with Crippen LogP contribution in [-0.2, 0) is 16.5 Å². The zero-order valence-electron chi connectivity index (χ0n) is 17.4. The van der Waals surface area contributed by atoms with Crippen LogP contribution >= 0.6 is 0 Å². The highest BCUT2D eigenvalue weighted by atomic mass is 19.4. The Balaban J connectivity index is 2.54. The second-order valence-electron chi connectivity index (χ2n) is 6.91. The molecule has 1 aromatic carbocycles. The van der Waals surface area contributed by atoms with Crippen LogP contribution in [0.15, 0.2) is 24.3 Å². The Morgan fingerprint density at radius 3 is 2.59 bits per heavy atom. The number of unbranched alkanes of at least 4 members (excludes halogenated alkanes) is 1. The van der Waals surface area contributed by atoms with E-state index in [1.54, 1.807) is 6.92 Å². The SMILES string of the molecule is CCOc1nc(N)nc([C@@](N)(CCCCN)C(=O)Nc2cccc(C(F)(F)F)c2)c1C#N. The lowest BCUT2D eigenvalue weighted by Crippen LogP contribution is -2.49. The maximum Gasteiger partial charge on any atom is 0.416 e. The van der Waals surface area contributed by atoms with Crippen LogP contribution < -0.4 is 27.3 Å². The van der Waals surface area contributed by atoms with Crippen molar-refractivity contribution < 1.29 is 22.7 Å². The number of nitrogens with two attached hydrogens (primary N) is 3. The van der Waals surface area contributed by atoms with Gasteiger partial charge in [0.25, 0.3) is 5.91 Å². The third-order valence-corrected chi connectivity index (χ3v) is 4.59. The molecular weight excluding hydrogens is 427 g/mol. The normalized spacial score (nSPS) is 13.2. The van der Waals surface area contributed by atoms with Gasteiger partial charge in [0.1, 0.15) is 17.2 Å². The van der Waals surface area contributed by atoms with Crippen molar-refractivity contribution in [2.45, 2.75) is 37.9 Å². The van der Waals surface area contributed by atoms with Crippen LogP contribution in [-0.4, -0.2) is 29.0 Å². The molecule has 2 aromatic rings. The highest BCUT2D eigenvalue weighted by Gasteiger charge is 2.41. The van der Waals surface area contributed by atoms with Gasteiger partial charge in [0, 0.05) is 5.69 Å². The molecule has 0 saturated heterocycles. The van der Waals surface area contributed by atoms with Crippen LogP contribution in [0.2, 0.25) is 0 Å². The largest absolute Gasteiger partial charge is 0.477 e. The van der Waals surface area contributed by atoms with Crippen molar-refractivity contribution in [2.24, 2.45) is 11.5 Å². The van der Waals surface area contributed by atoms with E-state index in [1.807, 2.05) is 6.07 Å². The van der Waals surface area contributed by atoms with Gasteiger partial charge in [0.05, 0.1) is 17.9 Å². The number of halogens is 3. The van der Waals surface area contributed by atoms with E-state index in [4.69, 9.17) is 21.9 Å². The van der Waals surface area contributed by atoms with Gasteiger partial charge in [-0.15, -0.1) is 0 Å². The van der Waals surface area contributed by atoms with Gasteiger partial charge in [-0.3, -0.25) is 4.79 Å². The summed E-state index contributed by atoms with van der Waals surface area (Å²) in [5.74, 6) is -1.29. The molecule has 7 N–H and O–H groups in total. The zero-order chi connectivity index (χ0) is 23.9. The van der Waals surface area contributed by atoms with Gasteiger partial charge in [-0.05, 0) is 50.9 Å². The van der Waals surface area contributed by atoms with E-state index in [-0.39, 0.29) is 41.8 Å². The van der Waals surface area contributed by atoms with Gasteiger partial charge in [-0.1, -0.05) is 6.07 Å². The number of anilines is 2. The van der Waals surface area contributed by atoms with Crippen molar-refractivity contribution in [2.75, 3.05) is 24.2 Å². The number of hydrogen-bond acceptors (Lipinski definition) is 8. The van der Waals surface area contributed by atoms with Crippen molar-refractivity contribution in [3.05, 3.63) is 41.1 Å². The number of nitrogen functional groups attached to an aromatic ring is 1. The number of hydrogen-bond donors (Lipinski definition) is 4. The molecule has 0 aliphatic heterocycles. The summed E-state index contributed by atoms with van der Waals surface area (Å²) in [6, 6.07) is 5.98. The van der Waals surface area contributed by atoms with Gasteiger partial charge in [-0.25, -0.2) is 4.98 Å². The minimum atomic E-state index is -4.59. The molecule has 1 atom stereocenters. The van der Waals surface area contributed by atoms with Crippen molar-refractivity contribution in [3.8, 4) is 11.9 Å². The number of nitrogens with zero attached hydrogens (tertiary/aromatic N) is 3. The number of ether oxygens (including phenoxy) is 1. The molecule has 2 rings (SSSR count). The van der Waals surface area contributed by atoms with E-state index in [9.17, 15) is 23.2 Å². The van der Waals surface area contributed by atoms with Crippen LogP contribution in [0, 0.1) is 11.3 Å². The lowest BCUT2D eigenvalue weighted by Gasteiger charge is -2.29. The summed E-state index contributed by atoms with van der Waals surface area (Å²) < 4.78 is 44.5. The Bertz CT molecular complexity index is 1010. The van der Waals surface area contributed by atoms with Crippen molar-refractivity contribution >= 4 is 17.5 Å². The van der Waals surface area contributed by atoms with Crippen molar-refractivity contribution in [1.29, 1.82) is 5.26 Å². The molecule has 0 saturated carbocycles. The summed E-state index contributed by atoms with van der Waals surface area (Å²) in [5.41, 5.74) is 14.4. The number of nitriles is 1. The van der Waals surface area contributed by atoms with Crippen molar-refractivity contribution in [1.82, 2.24) is 9.97 Å². The standard InChI is InChI=1S/C20H24F3N7O2/c1-2-32-16-14(11-25)15(29-18(26)30-16)19(27,8-3-4-9-24)17(31)28-13-7-5-6-12(10-13)20(21,22)23/h5-7,10H,2-4,8-9,24,27H2,1H3,(H,28,31)(H2,26,29,30)/t19-/m0/s1. The van der Waals surface area contributed by atoms with Gasteiger partial charge < -0.3 is 27.3 Å². The van der Waals surface area contributed by atoms with E-state index in [2.05, 4.69) is 15.3 Å². The fourth-order valence-electron chi connectivity index (χ4n) is 3.02. The Kier molecular flexibility index (Phi) is 7.96. The maximum absolute atomic E-state index is 13.2. The number of amides is 1. The minimum Gasteiger partial charge on any atom is -0.477 e. The molecule has 9 nitrogen and oxygen atoms in total. The second kappa shape index (κ2) is 10.3. The lowest BCUT2D eigenvalue weighted by atomic mass is 9.86. The average Bonchev–Trinajstić information content (AvgIpc) is 2.73. The lowest BCUT2D eigenvalue weighted by molar-refractivity contribution is -0.137. The van der Waals surface area contributed by atoms with E-state index >= 15 is 0 Å². The Morgan fingerprint density at radius 2 is 2.00 bits per heavy atom. The molecule has 0 fully saturated rings. The highest BCUT2D eigenvalue weighted by Crippen LogP contribution is 2.34. The van der Waals surface area contributed by atoms with Crippen LogP contribution in [0.5, 0.6) is 5.88 Å². The maximum atomic E-state index is 13.2. The fraction of sp³-hybridized carbons (Fsp3) is 0.400. The summed E-state index contributed by atoms with van der Waals surface area (Å²) in [7, 11) is 0. The smallest absolute Gasteiger partial charge is 0.416 e. The molecule has 1 aromatic heterocycles. The number of rotatable bonds is 9. The molecule has 0 spiro atoms. The van der Waals surface area contributed by atoms with Crippen LogP contribution in [0.3, 0.4) is 0 Å². The third kappa shape index (κ3) is 5.63. The van der Waals surface area contributed by atoms with E-state index in [0.717, 1.165) is 18.2 Å². The van der Waals surface area contributed by atoms with Crippen LogP contribution in [0.25, 0.3) is 0 Å².